The smallest absolute Gasteiger partial charge is 0.125 e. The molecule has 0 aromatic carbocycles. The maximum Gasteiger partial charge on any atom is 0.125 e. The summed E-state index contributed by atoms with van der Waals surface area (Å²) in [5.41, 5.74) is -0.531. The summed E-state index contributed by atoms with van der Waals surface area (Å²) in [6, 6.07) is 0.172. The number of hydrogen-bond acceptors (Lipinski definition) is 3. The van der Waals surface area contributed by atoms with Gasteiger partial charge in [-0.1, -0.05) is 19.8 Å². The van der Waals surface area contributed by atoms with Crippen LogP contribution in [0.1, 0.15) is 51.4 Å². The average molecular weight is 251 g/mol. The van der Waals surface area contributed by atoms with Crippen LogP contribution in [0, 0.1) is 5.92 Å². The van der Waals surface area contributed by atoms with Crippen molar-refractivity contribution in [1.82, 2.24) is 14.9 Å². The van der Waals surface area contributed by atoms with Crippen molar-refractivity contribution in [2.75, 3.05) is 6.54 Å². The molecule has 102 valence electrons. The molecule has 4 nitrogen and oxygen atoms in total. The maximum atomic E-state index is 10.6. The van der Waals surface area contributed by atoms with Crippen molar-refractivity contribution in [1.29, 1.82) is 0 Å². The average Bonchev–Trinajstić information content (AvgIpc) is 2.72. The van der Waals surface area contributed by atoms with Gasteiger partial charge in [0.1, 0.15) is 5.82 Å². The molecule has 1 fully saturated rings. The second kappa shape index (κ2) is 5.41. The molecule has 4 heteroatoms. The minimum absolute atomic E-state index is 0.172. The SMILES string of the molecule is CC1CCCC(O)(CNC(C)c2nccn2C)C1. The zero-order chi connectivity index (χ0) is 13.2. The van der Waals surface area contributed by atoms with Crippen LogP contribution < -0.4 is 5.32 Å². The Morgan fingerprint density at radius 1 is 1.67 bits per heavy atom. The van der Waals surface area contributed by atoms with Crippen LogP contribution in [0.15, 0.2) is 12.4 Å². The van der Waals surface area contributed by atoms with E-state index in [0.717, 1.165) is 25.1 Å². The third-order valence-electron chi connectivity index (χ3n) is 4.05. The number of rotatable bonds is 4. The fraction of sp³-hybridized carbons (Fsp3) is 0.786. The maximum absolute atomic E-state index is 10.6. The Morgan fingerprint density at radius 3 is 3.06 bits per heavy atom. The number of aryl methyl sites for hydroxylation is 1. The van der Waals surface area contributed by atoms with Crippen molar-refractivity contribution >= 4 is 0 Å². The summed E-state index contributed by atoms with van der Waals surface area (Å²) in [5, 5.41) is 14.0. The second-order valence-corrected chi connectivity index (χ2v) is 5.92. The lowest BCUT2D eigenvalue weighted by Crippen LogP contribution is -2.44. The summed E-state index contributed by atoms with van der Waals surface area (Å²) >= 11 is 0. The number of nitrogens with zero attached hydrogens (tertiary/aromatic N) is 2. The van der Waals surface area contributed by atoms with E-state index in [9.17, 15) is 5.11 Å². The zero-order valence-corrected chi connectivity index (χ0v) is 11.7. The molecular formula is C14H25N3O. The molecule has 18 heavy (non-hydrogen) atoms. The molecule has 0 saturated heterocycles. The minimum atomic E-state index is -0.531. The first-order valence-corrected chi connectivity index (χ1v) is 6.93. The standard InChI is InChI=1S/C14H25N3O/c1-11-5-4-6-14(18,9-11)10-16-12(2)13-15-7-8-17(13)3/h7-8,11-12,16,18H,4-6,9-10H2,1-3H3. The Balaban J connectivity index is 1.89. The zero-order valence-electron chi connectivity index (χ0n) is 11.7. The van der Waals surface area contributed by atoms with Gasteiger partial charge in [0.15, 0.2) is 0 Å². The summed E-state index contributed by atoms with van der Waals surface area (Å²) in [6.07, 6.45) is 7.97. The lowest BCUT2D eigenvalue weighted by Gasteiger charge is -2.36. The van der Waals surface area contributed by atoms with Crippen LogP contribution in [-0.2, 0) is 7.05 Å². The van der Waals surface area contributed by atoms with Crippen molar-refractivity contribution in [3.05, 3.63) is 18.2 Å². The molecule has 3 unspecified atom stereocenters. The van der Waals surface area contributed by atoms with E-state index in [0.29, 0.717) is 12.5 Å². The Morgan fingerprint density at radius 2 is 2.44 bits per heavy atom. The highest BCUT2D eigenvalue weighted by atomic mass is 16.3. The van der Waals surface area contributed by atoms with Gasteiger partial charge >= 0.3 is 0 Å². The highest BCUT2D eigenvalue weighted by Gasteiger charge is 2.32. The summed E-state index contributed by atoms with van der Waals surface area (Å²) in [6.45, 7) is 4.98. The molecule has 1 aliphatic carbocycles. The Hall–Kier alpha value is -0.870. The molecule has 2 rings (SSSR count). The molecule has 1 aliphatic rings. The van der Waals surface area contributed by atoms with E-state index in [1.165, 1.54) is 6.42 Å². The largest absolute Gasteiger partial charge is 0.389 e. The van der Waals surface area contributed by atoms with E-state index in [2.05, 4.69) is 24.1 Å². The van der Waals surface area contributed by atoms with Crippen LogP contribution in [-0.4, -0.2) is 26.8 Å². The summed E-state index contributed by atoms with van der Waals surface area (Å²) in [7, 11) is 2.00. The highest BCUT2D eigenvalue weighted by molar-refractivity contribution is 4.98. The predicted molar refractivity (Wildman–Crippen MR) is 72.2 cm³/mol. The van der Waals surface area contributed by atoms with Crippen molar-refractivity contribution in [3.8, 4) is 0 Å². The van der Waals surface area contributed by atoms with Gasteiger partial charge in [-0.3, -0.25) is 0 Å². The van der Waals surface area contributed by atoms with Crippen LogP contribution in [0.3, 0.4) is 0 Å². The third-order valence-corrected chi connectivity index (χ3v) is 4.05. The summed E-state index contributed by atoms with van der Waals surface area (Å²) in [4.78, 5) is 4.34. The van der Waals surface area contributed by atoms with Crippen LogP contribution in [0.5, 0.6) is 0 Å². The normalized spacial score (nSPS) is 30.3. The van der Waals surface area contributed by atoms with Gasteiger partial charge in [0, 0.05) is 26.0 Å². The van der Waals surface area contributed by atoms with Crippen LogP contribution in [0.2, 0.25) is 0 Å². The Labute approximate surface area is 109 Å². The predicted octanol–water partition coefficient (Wildman–Crippen LogP) is 2.01. The lowest BCUT2D eigenvalue weighted by molar-refractivity contribution is -0.0136. The van der Waals surface area contributed by atoms with Gasteiger partial charge in [0.25, 0.3) is 0 Å². The van der Waals surface area contributed by atoms with Gasteiger partial charge in [-0.2, -0.15) is 0 Å². The van der Waals surface area contributed by atoms with E-state index in [-0.39, 0.29) is 6.04 Å². The molecule has 3 atom stereocenters. The second-order valence-electron chi connectivity index (χ2n) is 5.92. The minimum Gasteiger partial charge on any atom is -0.389 e. The molecule has 0 bridgehead atoms. The fourth-order valence-electron chi connectivity index (χ4n) is 3.02. The third kappa shape index (κ3) is 3.12. The molecule has 2 N–H and O–H groups in total. The molecule has 1 aromatic heterocycles. The van der Waals surface area contributed by atoms with Gasteiger partial charge in [0.2, 0.25) is 0 Å². The highest BCUT2D eigenvalue weighted by Crippen LogP contribution is 2.32. The molecule has 1 heterocycles. The van der Waals surface area contributed by atoms with Crippen LogP contribution >= 0.6 is 0 Å². The number of aliphatic hydroxyl groups is 1. The van der Waals surface area contributed by atoms with Gasteiger partial charge in [-0.25, -0.2) is 4.98 Å². The topological polar surface area (TPSA) is 50.1 Å². The first kappa shape index (κ1) is 13.6. The van der Waals surface area contributed by atoms with Crippen molar-refractivity contribution in [3.63, 3.8) is 0 Å². The molecule has 0 aliphatic heterocycles. The molecule has 0 spiro atoms. The number of nitrogens with one attached hydrogen (secondary N) is 1. The van der Waals surface area contributed by atoms with E-state index < -0.39 is 5.60 Å². The molecule has 1 aromatic rings. The summed E-state index contributed by atoms with van der Waals surface area (Å²) < 4.78 is 2.02. The number of aromatic nitrogens is 2. The van der Waals surface area contributed by atoms with Gasteiger partial charge in [-0.15, -0.1) is 0 Å². The van der Waals surface area contributed by atoms with Gasteiger partial charge < -0.3 is 15.0 Å². The molecular weight excluding hydrogens is 226 g/mol. The van der Waals surface area contributed by atoms with Crippen molar-refractivity contribution in [2.24, 2.45) is 13.0 Å². The van der Waals surface area contributed by atoms with Gasteiger partial charge in [0.05, 0.1) is 11.6 Å². The number of hydrogen-bond donors (Lipinski definition) is 2. The Kier molecular flexibility index (Phi) is 4.07. The van der Waals surface area contributed by atoms with E-state index in [1.807, 2.05) is 24.0 Å². The van der Waals surface area contributed by atoms with Crippen molar-refractivity contribution < 1.29 is 5.11 Å². The van der Waals surface area contributed by atoms with Gasteiger partial charge in [-0.05, 0) is 25.7 Å². The molecule has 0 radical (unpaired) electrons. The first-order valence-electron chi connectivity index (χ1n) is 6.93. The van der Waals surface area contributed by atoms with Crippen LogP contribution in [0.4, 0.5) is 0 Å². The summed E-state index contributed by atoms with van der Waals surface area (Å²) in [5.74, 6) is 1.65. The molecule has 1 saturated carbocycles. The van der Waals surface area contributed by atoms with E-state index >= 15 is 0 Å². The van der Waals surface area contributed by atoms with E-state index in [1.54, 1.807) is 0 Å². The Bertz CT molecular complexity index is 390. The monoisotopic (exact) mass is 251 g/mol. The quantitative estimate of drug-likeness (QED) is 0.860. The fourth-order valence-corrected chi connectivity index (χ4v) is 3.02. The number of imidazole rings is 1. The van der Waals surface area contributed by atoms with Crippen molar-refractivity contribution in [2.45, 2.75) is 51.2 Å². The lowest BCUT2D eigenvalue weighted by atomic mass is 9.79. The van der Waals surface area contributed by atoms with E-state index in [4.69, 9.17) is 0 Å². The van der Waals surface area contributed by atoms with Crippen LogP contribution in [0.25, 0.3) is 0 Å². The molecule has 0 amide bonds. The first-order chi connectivity index (χ1) is 8.50.